The Morgan fingerprint density at radius 2 is 1.72 bits per heavy atom. The summed E-state index contributed by atoms with van der Waals surface area (Å²) in [4.78, 5) is 51.4. The normalized spacial score (nSPS) is 39.2. The van der Waals surface area contributed by atoms with Crippen molar-refractivity contribution >= 4 is 17.8 Å². The number of likely N-dealkylation sites (tertiary alicyclic amines) is 1. The van der Waals surface area contributed by atoms with E-state index < -0.39 is 16.8 Å². The standard InChI is InChI=1S/C48H68N4O6/c1-29(2)31-16-21-48(42(56)52-25-11-13-33(52)41-50-40(51-58-41)30-12-10-24-49-28-30)23-22-46(8)32(39(31)48)14-15-35-45(7)19-18-36(44(5,6)34(45)17-20-47(35,46)9)57-38(55)27-43(3,4)26-37(53)54/h10,12,24,28,31-36,39H,1,11,13-23,25-27H2,2-9H3,(H,53,54). The number of nitrogens with zero attached hydrogens (tertiary/aromatic N) is 4. The number of pyridine rings is 1. The topological polar surface area (TPSA) is 136 Å². The van der Waals surface area contributed by atoms with Gasteiger partial charge < -0.3 is 19.3 Å². The van der Waals surface area contributed by atoms with Crippen LogP contribution in [0, 0.1) is 62.1 Å². The molecule has 2 aromatic heterocycles. The van der Waals surface area contributed by atoms with E-state index in [1.54, 1.807) is 12.4 Å². The Morgan fingerprint density at radius 3 is 2.43 bits per heavy atom. The van der Waals surface area contributed by atoms with Crippen LogP contribution in [0.2, 0.25) is 0 Å². The maximum atomic E-state index is 15.4. The van der Waals surface area contributed by atoms with E-state index in [-0.39, 0.29) is 58.5 Å². The smallest absolute Gasteiger partial charge is 0.306 e. The van der Waals surface area contributed by atoms with E-state index in [1.807, 2.05) is 26.0 Å². The monoisotopic (exact) mass is 797 g/mol. The minimum Gasteiger partial charge on any atom is -0.481 e. The van der Waals surface area contributed by atoms with Crippen LogP contribution in [0.1, 0.15) is 157 Å². The van der Waals surface area contributed by atoms with E-state index in [9.17, 15) is 14.7 Å². The van der Waals surface area contributed by atoms with Gasteiger partial charge in [-0.3, -0.25) is 19.4 Å². The molecule has 58 heavy (non-hydrogen) atoms. The Bertz CT molecular complexity index is 1940. The van der Waals surface area contributed by atoms with Crippen LogP contribution in [-0.2, 0) is 19.1 Å². The molecule has 0 radical (unpaired) electrons. The first-order valence-corrected chi connectivity index (χ1v) is 22.4. The quantitative estimate of drug-likeness (QED) is 0.194. The highest BCUT2D eigenvalue weighted by Gasteiger charge is 2.72. The lowest BCUT2D eigenvalue weighted by molar-refractivity contribution is -0.250. The van der Waals surface area contributed by atoms with Crippen LogP contribution in [0.5, 0.6) is 0 Å². The first kappa shape index (κ1) is 41.2. The minimum atomic E-state index is -0.893. The van der Waals surface area contributed by atoms with Crippen LogP contribution in [0.25, 0.3) is 11.4 Å². The molecule has 10 heteroatoms. The molecular weight excluding hydrogens is 729 g/mol. The van der Waals surface area contributed by atoms with E-state index in [0.717, 1.165) is 82.6 Å². The third kappa shape index (κ3) is 6.30. The van der Waals surface area contributed by atoms with Crippen molar-refractivity contribution in [1.29, 1.82) is 0 Å². The number of allylic oxidation sites excluding steroid dienone is 1. The van der Waals surface area contributed by atoms with Gasteiger partial charge in [0, 0.05) is 29.9 Å². The number of fused-ring (bicyclic) bond motifs is 7. The fraction of sp³-hybridized carbons (Fsp3) is 0.750. The van der Waals surface area contributed by atoms with Crippen LogP contribution in [-0.4, -0.2) is 55.6 Å². The molecule has 0 bridgehead atoms. The average Bonchev–Trinajstić information content (AvgIpc) is 3.92. The second-order valence-electron chi connectivity index (χ2n) is 21.9. The SMILES string of the molecule is C=C(C)C1CCC2(C(=O)N3CCCC3c3nc(-c4cccnc4)no3)CCC3(C)C(CCC4C5(C)CCC(OC(=O)CC(C)(C)CC(=O)O)C(C)(C)C5CCC43C)C12. The van der Waals surface area contributed by atoms with Crippen molar-refractivity contribution in [2.45, 2.75) is 157 Å². The third-order valence-electron chi connectivity index (χ3n) is 18.1. The first-order chi connectivity index (χ1) is 27.3. The Hall–Kier alpha value is -3.56. The maximum absolute atomic E-state index is 15.4. The van der Waals surface area contributed by atoms with Crippen molar-refractivity contribution < 1.29 is 28.8 Å². The number of rotatable bonds is 9. The zero-order chi connectivity index (χ0) is 41.6. The van der Waals surface area contributed by atoms with E-state index in [4.69, 9.17) is 14.2 Å². The summed E-state index contributed by atoms with van der Waals surface area (Å²) in [5.74, 6) is 2.12. The van der Waals surface area contributed by atoms with Gasteiger partial charge in [0.05, 0.1) is 18.3 Å². The molecule has 1 saturated heterocycles. The lowest BCUT2D eigenvalue weighted by Crippen LogP contribution is -2.67. The molecule has 0 aromatic carbocycles. The van der Waals surface area contributed by atoms with Crippen LogP contribution in [0.15, 0.2) is 41.2 Å². The van der Waals surface area contributed by atoms with Gasteiger partial charge in [0.25, 0.3) is 0 Å². The molecular formula is C48H68N4O6. The molecule has 3 heterocycles. The van der Waals surface area contributed by atoms with Crippen molar-refractivity contribution in [1.82, 2.24) is 20.0 Å². The number of hydrogen-bond acceptors (Lipinski definition) is 8. The summed E-state index contributed by atoms with van der Waals surface area (Å²) in [6.45, 7) is 23.6. The molecule has 5 saturated carbocycles. The van der Waals surface area contributed by atoms with Gasteiger partial charge in [-0.05, 0) is 147 Å². The Balaban J connectivity index is 1.05. The molecule has 10 nitrogen and oxygen atoms in total. The van der Waals surface area contributed by atoms with Crippen molar-refractivity contribution in [3.8, 4) is 11.4 Å². The summed E-state index contributed by atoms with van der Waals surface area (Å²) < 4.78 is 12.2. The lowest BCUT2D eigenvalue weighted by Gasteiger charge is -2.73. The molecule has 6 aliphatic rings. The molecule has 11 atom stereocenters. The van der Waals surface area contributed by atoms with E-state index in [0.29, 0.717) is 47.8 Å². The largest absolute Gasteiger partial charge is 0.481 e. The molecule has 8 rings (SSSR count). The second-order valence-corrected chi connectivity index (χ2v) is 21.9. The highest BCUT2D eigenvalue weighted by Crippen LogP contribution is 2.78. The number of esters is 1. The van der Waals surface area contributed by atoms with E-state index in [2.05, 4.69) is 63.2 Å². The molecule has 1 aliphatic heterocycles. The highest BCUT2D eigenvalue weighted by atomic mass is 16.5. The van der Waals surface area contributed by atoms with E-state index >= 15 is 4.79 Å². The van der Waals surface area contributed by atoms with Crippen molar-refractivity contribution in [3.63, 3.8) is 0 Å². The molecule has 5 aliphatic carbocycles. The number of amides is 1. The molecule has 1 amide bonds. The molecule has 0 spiro atoms. The Kier molecular flexibility index (Phi) is 10.1. The van der Waals surface area contributed by atoms with Crippen molar-refractivity contribution in [2.24, 2.45) is 62.1 Å². The number of aliphatic carboxylic acids is 1. The van der Waals surface area contributed by atoms with Gasteiger partial charge in [-0.2, -0.15) is 4.98 Å². The van der Waals surface area contributed by atoms with Crippen molar-refractivity contribution in [3.05, 3.63) is 42.6 Å². The summed E-state index contributed by atoms with van der Waals surface area (Å²) in [7, 11) is 0. The predicted octanol–water partition coefficient (Wildman–Crippen LogP) is 10.3. The number of carboxylic acid groups (broad SMARTS) is 1. The summed E-state index contributed by atoms with van der Waals surface area (Å²) in [5.41, 5.74) is 1.05. The maximum Gasteiger partial charge on any atom is 0.306 e. The average molecular weight is 797 g/mol. The molecule has 6 fully saturated rings. The molecule has 316 valence electrons. The van der Waals surface area contributed by atoms with Crippen LogP contribution in [0.4, 0.5) is 0 Å². The number of aromatic nitrogens is 3. The number of carbonyl (C=O) groups excluding carboxylic acids is 2. The first-order valence-electron chi connectivity index (χ1n) is 22.4. The molecule has 11 unspecified atom stereocenters. The zero-order valence-electron chi connectivity index (χ0n) is 36.4. The minimum absolute atomic E-state index is 0.0622. The highest BCUT2D eigenvalue weighted by molar-refractivity contribution is 5.84. The number of ether oxygens (including phenoxy) is 1. The predicted molar refractivity (Wildman–Crippen MR) is 221 cm³/mol. The van der Waals surface area contributed by atoms with Gasteiger partial charge in [-0.1, -0.05) is 65.8 Å². The fourth-order valence-corrected chi connectivity index (χ4v) is 15.3. The Morgan fingerprint density at radius 1 is 0.948 bits per heavy atom. The van der Waals surface area contributed by atoms with Gasteiger partial charge in [0.1, 0.15) is 12.1 Å². The van der Waals surface area contributed by atoms with Crippen LogP contribution in [0.3, 0.4) is 0 Å². The van der Waals surface area contributed by atoms with Gasteiger partial charge in [0.2, 0.25) is 17.6 Å². The summed E-state index contributed by atoms with van der Waals surface area (Å²) >= 11 is 0. The van der Waals surface area contributed by atoms with E-state index in [1.165, 1.54) is 5.57 Å². The summed E-state index contributed by atoms with van der Waals surface area (Å²) in [6, 6.07) is 3.58. The van der Waals surface area contributed by atoms with Gasteiger partial charge >= 0.3 is 11.9 Å². The molecule has 1 N–H and O–H groups in total. The van der Waals surface area contributed by atoms with Gasteiger partial charge in [-0.25, -0.2) is 0 Å². The number of hydrogen-bond donors (Lipinski definition) is 1. The van der Waals surface area contributed by atoms with Crippen molar-refractivity contribution in [2.75, 3.05) is 6.54 Å². The van der Waals surface area contributed by atoms with Crippen LogP contribution >= 0.6 is 0 Å². The van der Waals surface area contributed by atoms with Gasteiger partial charge in [-0.15, -0.1) is 0 Å². The summed E-state index contributed by atoms with van der Waals surface area (Å²) in [6.07, 6.45) is 15.3. The summed E-state index contributed by atoms with van der Waals surface area (Å²) in [5, 5.41) is 13.7. The second kappa shape index (κ2) is 14.3. The Labute approximate surface area is 345 Å². The molecule has 2 aromatic rings. The fourth-order valence-electron chi connectivity index (χ4n) is 15.3. The number of carboxylic acids is 1. The lowest BCUT2D eigenvalue weighted by atomic mass is 9.32. The zero-order valence-corrected chi connectivity index (χ0v) is 36.4. The van der Waals surface area contributed by atoms with Crippen LogP contribution < -0.4 is 0 Å². The number of carbonyl (C=O) groups is 3. The van der Waals surface area contributed by atoms with Gasteiger partial charge in [0.15, 0.2) is 0 Å². The third-order valence-corrected chi connectivity index (χ3v) is 18.1.